The quantitative estimate of drug-likeness (QED) is 0.721. The van der Waals surface area contributed by atoms with Gasteiger partial charge < -0.3 is 14.5 Å². The van der Waals surface area contributed by atoms with E-state index in [-0.39, 0.29) is 36.2 Å². The fourth-order valence-electron chi connectivity index (χ4n) is 4.99. The van der Waals surface area contributed by atoms with Crippen molar-refractivity contribution in [1.82, 2.24) is 4.31 Å². The van der Waals surface area contributed by atoms with Gasteiger partial charge >= 0.3 is 0 Å². The molecule has 2 aromatic carbocycles. The molecule has 5 rings (SSSR count). The predicted molar refractivity (Wildman–Crippen MR) is 115 cm³/mol. The second kappa shape index (κ2) is 6.54. The zero-order chi connectivity index (χ0) is 22.1. The van der Waals surface area contributed by atoms with Crippen LogP contribution in [0.25, 0.3) is 0 Å². The Labute approximate surface area is 181 Å². The molecule has 1 saturated heterocycles. The molecule has 0 N–H and O–H groups in total. The summed E-state index contributed by atoms with van der Waals surface area (Å²) in [6.07, 6.45) is 0.595. The number of benzene rings is 2. The smallest absolute Gasteiger partial charge is 0.243 e. The molecule has 3 aliphatic heterocycles. The van der Waals surface area contributed by atoms with E-state index in [1.54, 1.807) is 44.3 Å². The highest BCUT2D eigenvalue weighted by atomic mass is 32.2. The molecule has 0 saturated carbocycles. The minimum Gasteiger partial charge on any atom is -0.497 e. The molecule has 1 atom stereocenters. The van der Waals surface area contributed by atoms with Crippen LogP contribution in [0.3, 0.4) is 0 Å². The topological polar surface area (TPSA) is 87.2 Å². The molecule has 9 heteroatoms. The Morgan fingerprint density at radius 1 is 1.00 bits per heavy atom. The minimum atomic E-state index is -3.82. The first-order valence-electron chi connectivity index (χ1n) is 10.1. The van der Waals surface area contributed by atoms with Gasteiger partial charge in [-0.3, -0.25) is 9.59 Å². The number of ether oxygens (including phenoxy) is 1. The monoisotopic (exact) mass is 441 g/mol. The maximum absolute atomic E-state index is 13.4. The zero-order valence-corrected chi connectivity index (χ0v) is 18.4. The van der Waals surface area contributed by atoms with Crippen molar-refractivity contribution in [3.05, 3.63) is 47.5 Å². The van der Waals surface area contributed by atoms with Crippen molar-refractivity contribution < 1.29 is 22.7 Å². The van der Waals surface area contributed by atoms with E-state index in [1.165, 1.54) is 15.3 Å². The summed E-state index contributed by atoms with van der Waals surface area (Å²) in [5.74, 6) is 0.472. The SMILES string of the molecule is COc1ccc2c(c1)[C@@]1(CCN(S(=O)(=O)c3ccc4c(c3)CC(=O)N4C)C1)C(=O)N2C. The maximum Gasteiger partial charge on any atom is 0.243 e. The Morgan fingerprint density at radius 3 is 2.48 bits per heavy atom. The molecule has 0 aliphatic carbocycles. The zero-order valence-electron chi connectivity index (χ0n) is 17.6. The maximum atomic E-state index is 13.4. The van der Waals surface area contributed by atoms with Gasteiger partial charge in [0.05, 0.1) is 23.8 Å². The standard InChI is InChI=1S/C22H23N3O5S/c1-23-18-7-5-16(10-14(18)11-20(23)26)31(28,29)25-9-8-22(13-25)17-12-15(30-3)4-6-19(17)24(2)21(22)27/h4-7,10,12H,8-9,11,13H2,1-3H3/t22-/m0/s1. The van der Waals surface area contributed by atoms with Crippen LogP contribution in [0.5, 0.6) is 5.75 Å². The average molecular weight is 442 g/mol. The summed E-state index contributed by atoms with van der Waals surface area (Å²) in [4.78, 5) is 28.5. The van der Waals surface area contributed by atoms with E-state index in [4.69, 9.17) is 4.74 Å². The van der Waals surface area contributed by atoms with E-state index < -0.39 is 15.4 Å². The van der Waals surface area contributed by atoms with Crippen LogP contribution in [0.1, 0.15) is 17.5 Å². The van der Waals surface area contributed by atoms with Gasteiger partial charge in [0, 0.05) is 38.6 Å². The van der Waals surface area contributed by atoms with Crippen LogP contribution >= 0.6 is 0 Å². The number of carbonyl (C=O) groups excluding carboxylic acids is 2. The van der Waals surface area contributed by atoms with E-state index in [2.05, 4.69) is 0 Å². The first kappa shape index (κ1) is 20.0. The van der Waals surface area contributed by atoms with Crippen LogP contribution in [0.4, 0.5) is 11.4 Å². The number of hydrogen-bond acceptors (Lipinski definition) is 5. The molecule has 0 bridgehead atoms. The van der Waals surface area contributed by atoms with Gasteiger partial charge in [0.15, 0.2) is 0 Å². The van der Waals surface area contributed by atoms with Crippen molar-refractivity contribution in [3.63, 3.8) is 0 Å². The number of rotatable bonds is 3. The number of fused-ring (bicyclic) bond motifs is 3. The normalized spacial score (nSPS) is 23.1. The number of hydrogen-bond donors (Lipinski definition) is 0. The third kappa shape index (κ3) is 2.66. The number of nitrogens with zero attached hydrogens (tertiary/aromatic N) is 3. The molecular weight excluding hydrogens is 418 g/mol. The lowest BCUT2D eigenvalue weighted by Gasteiger charge is -2.23. The average Bonchev–Trinajstić information content (AvgIpc) is 3.40. The Kier molecular flexibility index (Phi) is 4.22. The van der Waals surface area contributed by atoms with Gasteiger partial charge in [0.2, 0.25) is 21.8 Å². The molecule has 3 heterocycles. The third-order valence-electron chi connectivity index (χ3n) is 6.79. The second-order valence-corrected chi connectivity index (χ2v) is 10.3. The number of amides is 2. The third-order valence-corrected chi connectivity index (χ3v) is 8.64. The molecule has 31 heavy (non-hydrogen) atoms. The first-order chi connectivity index (χ1) is 14.7. The number of likely N-dealkylation sites (N-methyl/N-ethyl adjacent to an activating group) is 2. The predicted octanol–water partition coefficient (Wildman–Crippen LogP) is 1.52. The van der Waals surface area contributed by atoms with Gasteiger partial charge in [-0.2, -0.15) is 4.31 Å². The van der Waals surface area contributed by atoms with Gasteiger partial charge in [0.25, 0.3) is 0 Å². The van der Waals surface area contributed by atoms with E-state index in [0.29, 0.717) is 17.7 Å². The molecular formula is C22H23N3O5S. The summed E-state index contributed by atoms with van der Waals surface area (Å²) in [6, 6.07) is 10.3. The summed E-state index contributed by atoms with van der Waals surface area (Å²) < 4.78 is 33.6. The Morgan fingerprint density at radius 2 is 1.74 bits per heavy atom. The largest absolute Gasteiger partial charge is 0.497 e. The lowest BCUT2D eigenvalue weighted by Crippen LogP contribution is -2.42. The van der Waals surface area contributed by atoms with Crippen molar-refractivity contribution in [2.75, 3.05) is 44.1 Å². The lowest BCUT2D eigenvalue weighted by atomic mass is 9.81. The van der Waals surface area contributed by atoms with Crippen LogP contribution in [-0.4, -0.2) is 58.8 Å². The van der Waals surface area contributed by atoms with Crippen LogP contribution in [0, 0.1) is 0 Å². The summed E-state index contributed by atoms with van der Waals surface area (Å²) in [6.45, 7) is 0.322. The van der Waals surface area contributed by atoms with Crippen LogP contribution < -0.4 is 14.5 Å². The number of carbonyl (C=O) groups is 2. The highest BCUT2D eigenvalue weighted by Crippen LogP contribution is 2.49. The molecule has 1 fully saturated rings. The van der Waals surface area contributed by atoms with Crippen LogP contribution in [0.15, 0.2) is 41.3 Å². The lowest BCUT2D eigenvalue weighted by molar-refractivity contribution is -0.122. The van der Waals surface area contributed by atoms with Gasteiger partial charge in [-0.15, -0.1) is 0 Å². The molecule has 3 aliphatic rings. The number of sulfonamides is 1. The molecule has 2 aromatic rings. The molecule has 0 radical (unpaired) electrons. The number of methoxy groups -OCH3 is 1. The molecule has 0 unspecified atom stereocenters. The summed E-state index contributed by atoms with van der Waals surface area (Å²) >= 11 is 0. The van der Waals surface area contributed by atoms with Crippen molar-refractivity contribution in [3.8, 4) is 5.75 Å². The van der Waals surface area contributed by atoms with Crippen molar-refractivity contribution >= 4 is 33.2 Å². The van der Waals surface area contributed by atoms with E-state index in [0.717, 1.165) is 16.9 Å². The van der Waals surface area contributed by atoms with Gasteiger partial charge in [-0.25, -0.2) is 8.42 Å². The van der Waals surface area contributed by atoms with Crippen molar-refractivity contribution in [2.45, 2.75) is 23.2 Å². The summed E-state index contributed by atoms with van der Waals surface area (Å²) in [5, 5.41) is 0. The Balaban J connectivity index is 1.51. The molecule has 162 valence electrons. The molecule has 8 nitrogen and oxygen atoms in total. The minimum absolute atomic E-state index is 0.0604. The number of anilines is 2. The summed E-state index contributed by atoms with van der Waals surface area (Å²) in [5.41, 5.74) is 2.10. The molecule has 0 aromatic heterocycles. The second-order valence-electron chi connectivity index (χ2n) is 8.34. The van der Waals surface area contributed by atoms with Crippen molar-refractivity contribution in [2.24, 2.45) is 0 Å². The highest BCUT2D eigenvalue weighted by Gasteiger charge is 2.55. The summed E-state index contributed by atoms with van der Waals surface area (Å²) in [7, 11) is 1.15. The van der Waals surface area contributed by atoms with E-state index in [1.807, 2.05) is 12.1 Å². The van der Waals surface area contributed by atoms with E-state index in [9.17, 15) is 18.0 Å². The first-order valence-corrected chi connectivity index (χ1v) is 11.5. The van der Waals surface area contributed by atoms with Crippen molar-refractivity contribution in [1.29, 1.82) is 0 Å². The highest BCUT2D eigenvalue weighted by molar-refractivity contribution is 7.89. The van der Waals surface area contributed by atoms with Gasteiger partial charge in [-0.05, 0) is 53.9 Å². The molecule has 1 spiro atoms. The Hall–Kier alpha value is -2.91. The van der Waals surface area contributed by atoms with Crippen LogP contribution in [0.2, 0.25) is 0 Å². The van der Waals surface area contributed by atoms with E-state index >= 15 is 0 Å². The Bertz CT molecular complexity index is 1240. The fraction of sp³-hybridized carbons (Fsp3) is 0.364. The van der Waals surface area contributed by atoms with Gasteiger partial charge in [-0.1, -0.05) is 0 Å². The van der Waals surface area contributed by atoms with Crippen LogP contribution in [-0.2, 0) is 31.4 Å². The molecule has 2 amide bonds. The van der Waals surface area contributed by atoms with Gasteiger partial charge in [0.1, 0.15) is 5.75 Å². The fourth-order valence-corrected chi connectivity index (χ4v) is 6.55.